The summed E-state index contributed by atoms with van der Waals surface area (Å²) in [4.78, 5) is 14.0. The number of carbonyl (C=O) groups excluding carboxylic acids is 1. The average molecular weight is 309 g/mol. The van der Waals surface area contributed by atoms with Gasteiger partial charge in [-0.1, -0.05) is 13.0 Å². The second-order valence-corrected chi connectivity index (χ2v) is 6.13. The van der Waals surface area contributed by atoms with Crippen LogP contribution in [-0.4, -0.2) is 50.1 Å². The van der Waals surface area contributed by atoms with Gasteiger partial charge in [0.05, 0.1) is 13.1 Å². The first-order valence-electron chi connectivity index (χ1n) is 7.58. The minimum Gasteiger partial charge on any atom is -0.492 e. The van der Waals surface area contributed by atoms with Gasteiger partial charge < -0.3 is 15.8 Å². The molecule has 1 unspecified atom stereocenters. The topological polar surface area (TPSA) is 67.6 Å². The van der Waals surface area contributed by atoms with Crippen molar-refractivity contribution < 1.29 is 13.9 Å². The normalized spacial score (nSPS) is 21.8. The predicted octanol–water partition coefficient (Wildman–Crippen LogP) is 0.991. The standard InChI is InChI=1S/C16H24FN3O2/c1-16(11-18)5-7-20(12-16)10-15(21)19-6-8-22-14-4-2-3-13(17)9-14/h2-4,9H,5-8,10-12,18H2,1H3,(H,19,21). The Kier molecular flexibility index (Phi) is 5.74. The molecule has 1 amide bonds. The van der Waals surface area contributed by atoms with E-state index in [1.807, 2.05) is 0 Å². The molecule has 22 heavy (non-hydrogen) atoms. The Labute approximate surface area is 130 Å². The summed E-state index contributed by atoms with van der Waals surface area (Å²) in [6.45, 7) is 5.66. The van der Waals surface area contributed by atoms with Crippen molar-refractivity contribution in [3.8, 4) is 5.75 Å². The van der Waals surface area contributed by atoms with Crippen molar-refractivity contribution in [2.24, 2.45) is 11.1 Å². The third-order valence-electron chi connectivity index (χ3n) is 3.99. The van der Waals surface area contributed by atoms with Crippen LogP contribution in [0, 0.1) is 11.2 Å². The second kappa shape index (κ2) is 7.56. The third-order valence-corrected chi connectivity index (χ3v) is 3.99. The van der Waals surface area contributed by atoms with Gasteiger partial charge >= 0.3 is 0 Å². The molecule has 0 aromatic heterocycles. The summed E-state index contributed by atoms with van der Waals surface area (Å²) >= 11 is 0. The van der Waals surface area contributed by atoms with E-state index in [9.17, 15) is 9.18 Å². The van der Waals surface area contributed by atoms with Gasteiger partial charge in [0, 0.05) is 12.6 Å². The lowest BCUT2D eigenvalue weighted by molar-refractivity contribution is -0.122. The Balaban J connectivity index is 1.62. The van der Waals surface area contributed by atoms with Crippen LogP contribution in [0.3, 0.4) is 0 Å². The minimum atomic E-state index is -0.335. The van der Waals surface area contributed by atoms with Crippen molar-refractivity contribution >= 4 is 5.91 Å². The van der Waals surface area contributed by atoms with Crippen LogP contribution in [0.15, 0.2) is 24.3 Å². The number of nitrogens with one attached hydrogen (secondary N) is 1. The molecule has 1 saturated heterocycles. The number of hydrogen-bond donors (Lipinski definition) is 2. The molecule has 1 aromatic carbocycles. The average Bonchev–Trinajstić information content (AvgIpc) is 2.86. The Bertz CT molecular complexity index is 512. The lowest BCUT2D eigenvalue weighted by Crippen LogP contribution is -2.39. The first-order valence-corrected chi connectivity index (χ1v) is 7.58. The van der Waals surface area contributed by atoms with Crippen molar-refractivity contribution in [2.45, 2.75) is 13.3 Å². The maximum atomic E-state index is 13.0. The fourth-order valence-corrected chi connectivity index (χ4v) is 2.60. The highest BCUT2D eigenvalue weighted by Gasteiger charge is 2.32. The van der Waals surface area contributed by atoms with Crippen molar-refractivity contribution in [1.82, 2.24) is 10.2 Å². The SMILES string of the molecule is CC1(CN)CCN(CC(=O)NCCOc2cccc(F)c2)C1. The summed E-state index contributed by atoms with van der Waals surface area (Å²) in [5.41, 5.74) is 5.88. The summed E-state index contributed by atoms with van der Waals surface area (Å²) in [5.74, 6) is 0.107. The van der Waals surface area contributed by atoms with E-state index < -0.39 is 0 Å². The molecular weight excluding hydrogens is 285 g/mol. The molecule has 6 heteroatoms. The van der Waals surface area contributed by atoms with Crippen LogP contribution in [0.25, 0.3) is 0 Å². The molecule has 0 aliphatic carbocycles. The van der Waals surface area contributed by atoms with Crippen molar-refractivity contribution in [1.29, 1.82) is 0 Å². The molecule has 1 atom stereocenters. The molecule has 5 nitrogen and oxygen atoms in total. The predicted molar refractivity (Wildman–Crippen MR) is 83.1 cm³/mol. The van der Waals surface area contributed by atoms with E-state index in [4.69, 9.17) is 10.5 Å². The summed E-state index contributed by atoms with van der Waals surface area (Å²) < 4.78 is 18.3. The van der Waals surface area contributed by atoms with E-state index in [2.05, 4.69) is 17.1 Å². The van der Waals surface area contributed by atoms with Crippen molar-refractivity contribution in [2.75, 3.05) is 39.3 Å². The quantitative estimate of drug-likeness (QED) is 0.737. The van der Waals surface area contributed by atoms with Crippen LogP contribution in [0.1, 0.15) is 13.3 Å². The molecule has 1 aliphatic rings. The van der Waals surface area contributed by atoms with Gasteiger partial charge in [-0.25, -0.2) is 4.39 Å². The zero-order valence-electron chi connectivity index (χ0n) is 13.0. The zero-order chi connectivity index (χ0) is 16.0. The highest BCUT2D eigenvalue weighted by Crippen LogP contribution is 2.27. The maximum Gasteiger partial charge on any atom is 0.234 e. The summed E-state index contributed by atoms with van der Waals surface area (Å²) in [6, 6.07) is 5.95. The van der Waals surface area contributed by atoms with E-state index in [-0.39, 0.29) is 17.1 Å². The Morgan fingerprint density at radius 3 is 3.05 bits per heavy atom. The molecule has 1 aromatic rings. The lowest BCUT2D eigenvalue weighted by atomic mass is 9.90. The number of rotatable bonds is 7. The largest absolute Gasteiger partial charge is 0.492 e. The lowest BCUT2D eigenvalue weighted by Gasteiger charge is -2.22. The highest BCUT2D eigenvalue weighted by atomic mass is 19.1. The van der Waals surface area contributed by atoms with Crippen molar-refractivity contribution in [3.05, 3.63) is 30.1 Å². The Morgan fingerprint density at radius 2 is 2.36 bits per heavy atom. The zero-order valence-corrected chi connectivity index (χ0v) is 13.0. The number of carbonyl (C=O) groups is 1. The summed E-state index contributed by atoms with van der Waals surface area (Å²) in [6.07, 6.45) is 1.03. The number of likely N-dealkylation sites (tertiary alicyclic amines) is 1. The van der Waals surface area contributed by atoms with Gasteiger partial charge in [0.15, 0.2) is 0 Å². The molecular formula is C16H24FN3O2. The summed E-state index contributed by atoms with van der Waals surface area (Å²) in [7, 11) is 0. The fourth-order valence-electron chi connectivity index (χ4n) is 2.60. The number of nitrogens with two attached hydrogens (primary N) is 1. The van der Waals surface area contributed by atoms with Crippen molar-refractivity contribution in [3.63, 3.8) is 0 Å². The third kappa shape index (κ3) is 4.96. The molecule has 122 valence electrons. The number of nitrogens with zero attached hydrogens (tertiary/aromatic N) is 1. The van der Waals surface area contributed by atoms with Gasteiger partial charge in [-0.05, 0) is 37.1 Å². The van der Waals surface area contributed by atoms with Gasteiger partial charge in [0.25, 0.3) is 0 Å². The molecule has 0 spiro atoms. The van der Waals surface area contributed by atoms with E-state index >= 15 is 0 Å². The van der Waals surface area contributed by atoms with Crippen LogP contribution in [0.5, 0.6) is 5.75 Å². The number of benzene rings is 1. The molecule has 1 heterocycles. The van der Waals surface area contributed by atoms with E-state index in [1.165, 1.54) is 12.1 Å². The fraction of sp³-hybridized carbons (Fsp3) is 0.562. The number of ether oxygens (including phenoxy) is 1. The molecule has 0 saturated carbocycles. The molecule has 1 fully saturated rings. The van der Waals surface area contributed by atoms with Gasteiger partial charge in [0.2, 0.25) is 5.91 Å². The molecule has 1 aliphatic heterocycles. The Morgan fingerprint density at radius 1 is 1.55 bits per heavy atom. The minimum absolute atomic E-state index is 0.0240. The van der Waals surface area contributed by atoms with Crippen LogP contribution in [-0.2, 0) is 4.79 Å². The second-order valence-electron chi connectivity index (χ2n) is 6.13. The van der Waals surface area contributed by atoms with E-state index in [1.54, 1.807) is 12.1 Å². The van der Waals surface area contributed by atoms with Crippen LogP contribution < -0.4 is 15.8 Å². The van der Waals surface area contributed by atoms with Gasteiger partial charge in [-0.2, -0.15) is 0 Å². The van der Waals surface area contributed by atoms with Crippen LogP contribution in [0.4, 0.5) is 4.39 Å². The summed E-state index contributed by atoms with van der Waals surface area (Å²) in [5, 5.41) is 2.81. The molecule has 3 N–H and O–H groups in total. The number of amides is 1. The molecule has 0 radical (unpaired) electrons. The van der Waals surface area contributed by atoms with E-state index in [0.29, 0.717) is 32.0 Å². The van der Waals surface area contributed by atoms with Crippen LogP contribution >= 0.6 is 0 Å². The van der Waals surface area contributed by atoms with Crippen LogP contribution in [0.2, 0.25) is 0 Å². The molecule has 0 bridgehead atoms. The Hall–Kier alpha value is -1.66. The highest BCUT2D eigenvalue weighted by molar-refractivity contribution is 5.78. The maximum absolute atomic E-state index is 13.0. The first-order chi connectivity index (χ1) is 10.5. The number of hydrogen-bond acceptors (Lipinski definition) is 4. The first kappa shape index (κ1) is 16.7. The number of halogens is 1. The monoisotopic (exact) mass is 309 g/mol. The smallest absolute Gasteiger partial charge is 0.234 e. The van der Waals surface area contributed by atoms with Gasteiger partial charge in [-0.3, -0.25) is 9.69 Å². The van der Waals surface area contributed by atoms with E-state index in [0.717, 1.165) is 19.5 Å². The van der Waals surface area contributed by atoms with Gasteiger partial charge in [-0.15, -0.1) is 0 Å². The molecule has 2 rings (SSSR count). The van der Waals surface area contributed by atoms with Gasteiger partial charge in [0.1, 0.15) is 18.2 Å².